The van der Waals surface area contributed by atoms with Crippen molar-refractivity contribution in [2.45, 2.75) is 83.0 Å². The monoisotopic (exact) mass is 425 g/mol. The standard InChI is InChI=1S/C27H40NOP/c1-5-6-8-14-21(2)30(22-15-9-7-10-16-22)26-20-12-11-17-23(26)27-24(28-3)18-13-19-25(27)29-4/h11-13,17-22,28H,5-10,14-16H2,1-4H3. The number of unbranched alkanes of at least 4 members (excludes halogenated alkanes) is 2. The van der Waals surface area contributed by atoms with Gasteiger partial charge in [-0.3, -0.25) is 0 Å². The molecule has 1 aliphatic carbocycles. The van der Waals surface area contributed by atoms with Crippen LogP contribution in [0.3, 0.4) is 0 Å². The van der Waals surface area contributed by atoms with Crippen molar-refractivity contribution in [3.63, 3.8) is 0 Å². The molecule has 3 rings (SSSR count). The maximum absolute atomic E-state index is 5.83. The first-order chi connectivity index (χ1) is 14.7. The quantitative estimate of drug-likeness (QED) is 0.309. The van der Waals surface area contributed by atoms with Crippen LogP contribution in [0.1, 0.15) is 71.6 Å². The lowest BCUT2D eigenvalue weighted by Crippen LogP contribution is -2.24. The van der Waals surface area contributed by atoms with Gasteiger partial charge in [-0.2, -0.15) is 0 Å². The van der Waals surface area contributed by atoms with Crippen LogP contribution in [0.5, 0.6) is 5.75 Å². The lowest BCUT2D eigenvalue weighted by Gasteiger charge is -2.37. The van der Waals surface area contributed by atoms with E-state index in [-0.39, 0.29) is 7.92 Å². The Hall–Kier alpha value is -1.53. The van der Waals surface area contributed by atoms with Gasteiger partial charge >= 0.3 is 0 Å². The SMILES string of the molecule is CCCCCC(C)P(c1ccccc1-c1c(NC)cccc1OC)C1CCCCC1. The first-order valence-corrected chi connectivity index (χ1v) is 13.4. The van der Waals surface area contributed by atoms with Gasteiger partial charge in [0.1, 0.15) is 5.75 Å². The van der Waals surface area contributed by atoms with Gasteiger partial charge in [0.15, 0.2) is 0 Å². The molecule has 2 aromatic carbocycles. The summed E-state index contributed by atoms with van der Waals surface area (Å²) < 4.78 is 5.83. The summed E-state index contributed by atoms with van der Waals surface area (Å²) in [5.41, 5.74) is 5.38. The van der Waals surface area contributed by atoms with Crippen molar-refractivity contribution in [2.75, 3.05) is 19.5 Å². The fourth-order valence-corrected chi connectivity index (χ4v) is 8.77. The molecule has 2 nitrogen and oxygen atoms in total. The molecule has 0 bridgehead atoms. The molecular formula is C27H40NOP. The van der Waals surface area contributed by atoms with Gasteiger partial charge in [0, 0.05) is 18.3 Å². The fourth-order valence-electron chi connectivity index (χ4n) is 5.08. The summed E-state index contributed by atoms with van der Waals surface area (Å²) in [6.45, 7) is 4.85. The summed E-state index contributed by atoms with van der Waals surface area (Å²) >= 11 is 0. The minimum atomic E-state index is -0.214. The Labute approximate surface area is 185 Å². The highest BCUT2D eigenvalue weighted by atomic mass is 31.1. The Morgan fingerprint density at radius 3 is 2.50 bits per heavy atom. The van der Waals surface area contributed by atoms with Crippen LogP contribution < -0.4 is 15.4 Å². The minimum Gasteiger partial charge on any atom is -0.496 e. The van der Waals surface area contributed by atoms with E-state index in [0.29, 0.717) is 0 Å². The van der Waals surface area contributed by atoms with Crippen LogP contribution in [0.2, 0.25) is 0 Å². The number of methoxy groups -OCH3 is 1. The van der Waals surface area contributed by atoms with Crippen LogP contribution in [-0.4, -0.2) is 25.5 Å². The second-order valence-electron chi connectivity index (χ2n) is 8.69. The van der Waals surface area contributed by atoms with Crippen molar-refractivity contribution < 1.29 is 4.74 Å². The van der Waals surface area contributed by atoms with E-state index in [2.05, 4.69) is 61.6 Å². The first kappa shape index (κ1) is 23.1. The van der Waals surface area contributed by atoms with Crippen LogP contribution in [0.25, 0.3) is 11.1 Å². The molecule has 2 aromatic rings. The van der Waals surface area contributed by atoms with Crippen LogP contribution >= 0.6 is 7.92 Å². The molecule has 0 spiro atoms. The Morgan fingerprint density at radius 2 is 1.80 bits per heavy atom. The average molecular weight is 426 g/mol. The highest BCUT2D eigenvalue weighted by molar-refractivity contribution is 7.67. The molecule has 3 heteroatoms. The van der Waals surface area contributed by atoms with E-state index in [4.69, 9.17) is 4.74 Å². The summed E-state index contributed by atoms with van der Waals surface area (Å²) in [5.74, 6) is 0.964. The maximum atomic E-state index is 5.83. The smallest absolute Gasteiger partial charge is 0.128 e. The van der Waals surface area contributed by atoms with E-state index >= 15 is 0 Å². The number of hydrogen-bond acceptors (Lipinski definition) is 2. The number of ether oxygens (including phenoxy) is 1. The largest absolute Gasteiger partial charge is 0.496 e. The van der Waals surface area contributed by atoms with Crippen LogP contribution in [-0.2, 0) is 0 Å². The topological polar surface area (TPSA) is 21.3 Å². The van der Waals surface area contributed by atoms with Crippen molar-refractivity contribution in [3.8, 4) is 16.9 Å². The summed E-state index contributed by atoms with van der Waals surface area (Å²) in [6.07, 6.45) is 12.4. The van der Waals surface area contributed by atoms with E-state index in [0.717, 1.165) is 22.8 Å². The van der Waals surface area contributed by atoms with E-state index in [1.807, 2.05) is 7.05 Å². The highest BCUT2D eigenvalue weighted by Gasteiger charge is 2.31. The highest BCUT2D eigenvalue weighted by Crippen LogP contribution is 2.54. The number of benzene rings is 2. The number of anilines is 1. The molecule has 2 atom stereocenters. The fraction of sp³-hybridized carbons (Fsp3) is 0.556. The Balaban J connectivity index is 2.07. The predicted molar refractivity (Wildman–Crippen MR) is 135 cm³/mol. The Bertz CT molecular complexity index is 762. The molecule has 0 heterocycles. The zero-order valence-electron chi connectivity index (χ0n) is 19.4. The molecule has 1 fully saturated rings. The third-order valence-electron chi connectivity index (χ3n) is 6.64. The molecule has 1 saturated carbocycles. The van der Waals surface area contributed by atoms with Gasteiger partial charge in [0.25, 0.3) is 0 Å². The van der Waals surface area contributed by atoms with Crippen LogP contribution in [0, 0.1) is 0 Å². The van der Waals surface area contributed by atoms with Crippen molar-refractivity contribution in [1.29, 1.82) is 0 Å². The second-order valence-corrected chi connectivity index (χ2v) is 11.6. The summed E-state index contributed by atoms with van der Waals surface area (Å²) in [5, 5.41) is 5.00. The number of nitrogens with one attached hydrogen (secondary N) is 1. The molecular weight excluding hydrogens is 385 g/mol. The normalized spacial score (nSPS) is 16.8. The van der Waals surface area contributed by atoms with E-state index in [9.17, 15) is 0 Å². The molecule has 1 N–H and O–H groups in total. The molecule has 0 aromatic heterocycles. The molecule has 1 aliphatic rings. The number of hydrogen-bond donors (Lipinski definition) is 1. The molecule has 0 radical (unpaired) electrons. The lowest BCUT2D eigenvalue weighted by molar-refractivity contribution is 0.416. The Morgan fingerprint density at radius 1 is 1.03 bits per heavy atom. The summed E-state index contributed by atoms with van der Waals surface area (Å²) in [7, 11) is 3.59. The predicted octanol–water partition coefficient (Wildman–Crippen LogP) is 7.81. The van der Waals surface area contributed by atoms with Crippen molar-refractivity contribution in [1.82, 2.24) is 0 Å². The molecule has 2 unspecified atom stereocenters. The number of rotatable bonds is 10. The average Bonchev–Trinajstić information content (AvgIpc) is 2.80. The molecule has 0 aliphatic heterocycles. The third-order valence-corrected chi connectivity index (χ3v) is 10.1. The van der Waals surface area contributed by atoms with Crippen molar-refractivity contribution >= 4 is 18.9 Å². The van der Waals surface area contributed by atoms with Crippen LogP contribution in [0.15, 0.2) is 42.5 Å². The Kier molecular flexibility index (Phi) is 9.06. The van der Waals surface area contributed by atoms with Gasteiger partial charge in [-0.1, -0.05) is 90.6 Å². The molecule has 0 saturated heterocycles. The van der Waals surface area contributed by atoms with Crippen molar-refractivity contribution in [2.24, 2.45) is 0 Å². The van der Waals surface area contributed by atoms with E-state index < -0.39 is 0 Å². The van der Waals surface area contributed by atoms with Gasteiger partial charge < -0.3 is 10.1 Å². The van der Waals surface area contributed by atoms with Gasteiger partial charge in [-0.25, -0.2) is 0 Å². The molecule has 0 amide bonds. The van der Waals surface area contributed by atoms with E-state index in [1.54, 1.807) is 12.4 Å². The van der Waals surface area contributed by atoms with Gasteiger partial charge in [-0.15, -0.1) is 0 Å². The molecule has 164 valence electrons. The summed E-state index contributed by atoms with van der Waals surface area (Å²) in [6, 6.07) is 15.5. The first-order valence-electron chi connectivity index (χ1n) is 11.9. The molecule has 30 heavy (non-hydrogen) atoms. The third kappa shape index (κ3) is 5.38. The van der Waals surface area contributed by atoms with Gasteiger partial charge in [0.2, 0.25) is 0 Å². The zero-order chi connectivity index (χ0) is 21.3. The maximum Gasteiger partial charge on any atom is 0.128 e. The minimum absolute atomic E-state index is 0.214. The summed E-state index contributed by atoms with van der Waals surface area (Å²) in [4.78, 5) is 0. The van der Waals surface area contributed by atoms with Gasteiger partial charge in [0.05, 0.1) is 7.11 Å². The van der Waals surface area contributed by atoms with Crippen molar-refractivity contribution in [3.05, 3.63) is 42.5 Å². The lowest BCUT2D eigenvalue weighted by atomic mass is 10.0. The van der Waals surface area contributed by atoms with Gasteiger partial charge in [-0.05, 0) is 53.6 Å². The second kappa shape index (κ2) is 11.8. The zero-order valence-corrected chi connectivity index (χ0v) is 20.3. The van der Waals surface area contributed by atoms with E-state index in [1.165, 1.54) is 68.9 Å². The van der Waals surface area contributed by atoms with Crippen LogP contribution in [0.4, 0.5) is 5.69 Å².